The van der Waals surface area contributed by atoms with Crippen LogP contribution in [0.2, 0.25) is 0 Å². The van der Waals surface area contributed by atoms with Crippen LogP contribution in [-0.2, 0) is 0 Å². The number of aromatic nitrogens is 1. The van der Waals surface area contributed by atoms with Crippen molar-refractivity contribution in [1.82, 2.24) is 10.3 Å². The molecule has 1 atom stereocenters. The van der Waals surface area contributed by atoms with Crippen molar-refractivity contribution < 1.29 is 9.53 Å². The Morgan fingerprint density at radius 3 is 3.06 bits per heavy atom. The number of hydrogen-bond donors (Lipinski definition) is 1. The van der Waals surface area contributed by atoms with E-state index in [4.69, 9.17) is 4.74 Å². The number of ether oxygens (including phenoxy) is 1. The highest BCUT2D eigenvalue weighted by atomic mass is 16.5. The lowest BCUT2D eigenvalue weighted by atomic mass is 9.77. The highest BCUT2D eigenvalue weighted by Gasteiger charge is 2.42. The average molecular weight is 248 g/mol. The molecule has 2 heterocycles. The van der Waals surface area contributed by atoms with Crippen molar-refractivity contribution in [3.63, 3.8) is 0 Å². The summed E-state index contributed by atoms with van der Waals surface area (Å²) in [5.41, 5.74) is 0.174. The van der Waals surface area contributed by atoms with Crippen molar-refractivity contribution in [3.8, 4) is 5.75 Å². The monoisotopic (exact) mass is 248 g/mol. The number of methoxy groups -OCH3 is 1. The van der Waals surface area contributed by atoms with Crippen LogP contribution in [-0.4, -0.2) is 31.0 Å². The average Bonchev–Trinajstić information content (AvgIpc) is 2.88. The van der Waals surface area contributed by atoms with E-state index in [-0.39, 0.29) is 11.2 Å². The number of hydrogen-bond acceptors (Lipinski definition) is 4. The summed E-state index contributed by atoms with van der Waals surface area (Å²) in [6.07, 6.45) is 4.44. The second-order valence-electron chi connectivity index (χ2n) is 4.84. The Hall–Kier alpha value is -1.42. The van der Waals surface area contributed by atoms with Crippen molar-refractivity contribution in [2.24, 2.45) is 5.41 Å². The summed E-state index contributed by atoms with van der Waals surface area (Å²) in [4.78, 5) is 17.0. The Morgan fingerprint density at radius 2 is 2.44 bits per heavy atom. The molecule has 1 aliphatic heterocycles. The van der Waals surface area contributed by atoms with E-state index in [2.05, 4.69) is 17.2 Å². The van der Waals surface area contributed by atoms with Crippen molar-refractivity contribution in [3.05, 3.63) is 24.0 Å². The molecule has 0 saturated carbocycles. The lowest BCUT2D eigenvalue weighted by Crippen LogP contribution is -2.34. The van der Waals surface area contributed by atoms with Gasteiger partial charge in [-0.3, -0.25) is 4.79 Å². The lowest BCUT2D eigenvalue weighted by molar-refractivity contribution is 0.0792. The molecule has 1 aromatic rings. The highest BCUT2D eigenvalue weighted by Crippen LogP contribution is 2.36. The maximum absolute atomic E-state index is 12.8. The van der Waals surface area contributed by atoms with Gasteiger partial charge in [-0.15, -0.1) is 0 Å². The molecular weight excluding hydrogens is 228 g/mol. The number of carbonyl (C=O) groups excluding carboxylic acids is 1. The van der Waals surface area contributed by atoms with E-state index in [9.17, 15) is 4.79 Å². The second-order valence-corrected chi connectivity index (χ2v) is 4.84. The fraction of sp³-hybridized carbons (Fsp3) is 0.571. The van der Waals surface area contributed by atoms with Crippen molar-refractivity contribution >= 4 is 5.78 Å². The van der Waals surface area contributed by atoms with Gasteiger partial charge in [0, 0.05) is 18.2 Å². The largest absolute Gasteiger partial charge is 0.494 e. The molecule has 1 aromatic heterocycles. The zero-order valence-electron chi connectivity index (χ0n) is 11.0. The van der Waals surface area contributed by atoms with Gasteiger partial charge in [-0.05, 0) is 31.5 Å². The Labute approximate surface area is 108 Å². The van der Waals surface area contributed by atoms with Crippen LogP contribution in [0.4, 0.5) is 0 Å². The molecule has 18 heavy (non-hydrogen) atoms. The Balaban J connectivity index is 2.33. The molecule has 4 nitrogen and oxygen atoms in total. The second kappa shape index (κ2) is 5.48. The summed E-state index contributed by atoms with van der Waals surface area (Å²) in [7, 11) is 1.58. The molecule has 4 heteroatoms. The standard InChI is InChI=1S/C14H20N2O2/c1-3-6-14(7-9-15-10-14)13(17)12-11(18-2)5-4-8-16-12/h4-5,8,15H,3,6-7,9-10H2,1-2H3. The number of carbonyl (C=O) groups is 1. The number of ketones is 1. The molecule has 98 valence electrons. The van der Waals surface area contributed by atoms with Gasteiger partial charge in [0.25, 0.3) is 0 Å². The summed E-state index contributed by atoms with van der Waals surface area (Å²) in [5, 5.41) is 3.30. The topological polar surface area (TPSA) is 51.2 Å². The first-order valence-corrected chi connectivity index (χ1v) is 6.48. The molecule has 0 amide bonds. The number of nitrogens with one attached hydrogen (secondary N) is 1. The molecule has 0 aliphatic carbocycles. The number of pyridine rings is 1. The minimum absolute atomic E-state index is 0.117. The molecule has 0 bridgehead atoms. The van der Waals surface area contributed by atoms with E-state index in [1.807, 2.05) is 0 Å². The normalized spacial score (nSPS) is 23.0. The van der Waals surface area contributed by atoms with Crippen LogP contribution in [0.25, 0.3) is 0 Å². The lowest BCUT2D eigenvalue weighted by Gasteiger charge is -2.26. The zero-order chi connectivity index (χ0) is 13.0. The van der Waals surface area contributed by atoms with Crippen molar-refractivity contribution in [1.29, 1.82) is 0 Å². The van der Waals surface area contributed by atoms with Gasteiger partial charge in [0.1, 0.15) is 11.4 Å². The summed E-state index contributed by atoms with van der Waals surface area (Å²) in [5.74, 6) is 0.691. The first-order valence-electron chi connectivity index (χ1n) is 6.48. The maximum atomic E-state index is 12.8. The molecule has 0 spiro atoms. The van der Waals surface area contributed by atoms with Gasteiger partial charge in [-0.25, -0.2) is 4.98 Å². The van der Waals surface area contributed by atoms with Gasteiger partial charge >= 0.3 is 0 Å². The molecule has 1 fully saturated rings. The molecule has 1 N–H and O–H groups in total. The van der Waals surface area contributed by atoms with E-state index in [0.717, 1.165) is 32.4 Å². The molecule has 1 aliphatic rings. The van der Waals surface area contributed by atoms with Crippen LogP contribution in [0.3, 0.4) is 0 Å². The van der Waals surface area contributed by atoms with Crippen LogP contribution in [0.15, 0.2) is 18.3 Å². The van der Waals surface area contributed by atoms with Crippen LogP contribution >= 0.6 is 0 Å². The van der Waals surface area contributed by atoms with Crippen LogP contribution in [0, 0.1) is 5.41 Å². The van der Waals surface area contributed by atoms with Crippen LogP contribution < -0.4 is 10.1 Å². The predicted molar refractivity (Wildman–Crippen MR) is 69.9 cm³/mol. The van der Waals surface area contributed by atoms with Gasteiger partial charge in [-0.1, -0.05) is 13.3 Å². The summed E-state index contributed by atoms with van der Waals surface area (Å²) in [6.45, 7) is 3.77. The molecule has 0 radical (unpaired) electrons. The SMILES string of the molecule is CCCC1(C(=O)c2ncccc2OC)CCNC1. The Morgan fingerprint density at radius 1 is 1.61 bits per heavy atom. The van der Waals surface area contributed by atoms with Gasteiger partial charge in [0.15, 0.2) is 5.78 Å². The predicted octanol–water partition coefficient (Wildman–Crippen LogP) is 2.05. The van der Waals surface area contributed by atoms with E-state index < -0.39 is 0 Å². The van der Waals surface area contributed by atoms with E-state index in [0.29, 0.717) is 11.4 Å². The summed E-state index contributed by atoms with van der Waals surface area (Å²) >= 11 is 0. The van der Waals surface area contributed by atoms with E-state index >= 15 is 0 Å². The van der Waals surface area contributed by atoms with Crippen LogP contribution in [0.1, 0.15) is 36.7 Å². The van der Waals surface area contributed by atoms with Crippen molar-refractivity contribution in [2.75, 3.05) is 20.2 Å². The van der Waals surface area contributed by atoms with Gasteiger partial charge in [0.2, 0.25) is 0 Å². The molecule has 2 rings (SSSR count). The van der Waals surface area contributed by atoms with Gasteiger partial charge in [0.05, 0.1) is 7.11 Å². The third-order valence-corrected chi connectivity index (χ3v) is 3.66. The first-order chi connectivity index (χ1) is 8.73. The Kier molecular flexibility index (Phi) is 3.97. The molecular formula is C14H20N2O2. The number of rotatable bonds is 5. The fourth-order valence-electron chi connectivity index (χ4n) is 2.72. The number of Topliss-reactive ketones (excluding diaryl/α,β-unsaturated/α-hetero) is 1. The minimum atomic E-state index is -0.295. The minimum Gasteiger partial charge on any atom is -0.494 e. The van der Waals surface area contributed by atoms with Crippen molar-refractivity contribution in [2.45, 2.75) is 26.2 Å². The van der Waals surface area contributed by atoms with E-state index in [1.165, 1.54) is 0 Å². The Bertz CT molecular complexity index is 426. The van der Waals surface area contributed by atoms with Crippen LogP contribution in [0.5, 0.6) is 5.75 Å². The quantitative estimate of drug-likeness (QED) is 0.810. The van der Waals surface area contributed by atoms with E-state index in [1.54, 1.807) is 25.4 Å². The zero-order valence-corrected chi connectivity index (χ0v) is 11.0. The summed E-state index contributed by atoms with van der Waals surface area (Å²) < 4.78 is 5.25. The molecule has 1 saturated heterocycles. The fourth-order valence-corrected chi connectivity index (χ4v) is 2.72. The van der Waals surface area contributed by atoms with Gasteiger partial charge in [-0.2, -0.15) is 0 Å². The highest BCUT2D eigenvalue weighted by molar-refractivity contribution is 6.01. The third kappa shape index (κ3) is 2.25. The smallest absolute Gasteiger partial charge is 0.192 e. The molecule has 0 aromatic carbocycles. The number of nitrogens with zero attached hydrogens (tertiary/aromatic N) is 1. The third-order valence-electron chi connectivity index (χ3n) is 3.66. The first kappa shape index (κ1) is 13.0. The summed E-state index contributed by atoms with van der Waals surface area (Å²) in [6, 6.07) is 3.58. The maximum Gasteiger partial charge on any atom is 0.192 e. The van der Waals surface area contributed by atoms with Gasteiger partial charge < -0.3 is 10.1 Å². The molecule has 1 unspecified atom stereocenters.